The average molecular weight is 360 g/mol. The topological polar surface area (TPSA) is 15.3 Å². The van der Waals surface area contributed by atoms with E-state index in [4.69, 9.17) is 11.6 Å². The van der Waals surface area contributed by atoms with Crippen LogP contribution in [0.2, 0.25) is 5.02 Å². The van der Waals surface area contributed by atoms with Crippen LogP contribution < -0.4 is 5.32 Å². The molecule has 1 aliphatic rings. The third kappa shape index (κ3) is 4.45. The smallest absolute Gasteiger partial charge is 0.0410 e. The molecule has 1 fully saturated rings. The van der Waals surface area contributed by atoms with Gasteiger partial charge >= 0.3 is 0 Å². The molecule has 112 valence electrons. The minimum absolute atomic E-state index is 0.293. The third-order valence-corrected chi connectivity index (χ3v) is 5.04. The van der Waals surface area contributed by atoms with E-state index >= 15 is 0 Å². The number of benzene rings is 1. The van der Waals surface area contributed by atoms with Crippen LogP contribution in [-0.2, 0) is 6.54 Å². The summed E-state index contributed by atoms with van der Waals surface area (Å²) in [7, 11) is 0. The van der Waals surface area contributed by atoms with E-state index in [1.54, 1.807) is 0 Å². The zero-order chi connectivity index (χ0) is 14.8. The van der Waals surface area contributed by atoms with E-state index in [2.05, 4.69) is 46.9 Å². The van der Waals surface area contributed by atoms with Crippen LogP contribution in [0.15, 0.2) is 22.7 Å². The van der Waals surface area contributed by atoms with Crippen molar-refractivity contribution in [1.29, 1.82) is 0 Å². The second kappa shape index (κ2) is 6.78. The minimum Gasteiger partial charge on any atom is -0.310 e. The van der Waals surface area contributed by atoms with E-state index in [1.807, 2.05) is 18.2 Å². The van der Waals surface area contributed by atoms with E-state index in [9.17, 15) is 0 Å². The first kappa shape index (κ1) is 16.3. The molecular formula is C16H24BrClN2. The molecule has 2 rings (SSSR count). The predicted octanol–water partition coefficient (Wildman–Crippen LogP) is 4.46. The summed E-state index contributed by atoms with van der Waals surface area (Å²) in [5.74, 6) is 0. The van der Waals surface area contributed by atoms with Crippen molar-refractivity contribution in [3.63, 3.8) is 0 Å². The fourth-order valence-electron chi connectivity index (χ4n) is 2.69. The number of nitrogens with zero attached hydrogens (tertiary/aromatic N) is 1. The molecular weight excluding hydrogens is 336 g/mol. The SMILES string of the molecule is CC(C)(C)N1CCC(NCc2cc(Cl)ccc2Br)CC1. The number of nitrogens with one attached hydrogen (secondary N) is 1. The molecule has 0 amide bonds. The van der Waals surface area contributed by atoms with Gasteiger partial charge in [-0.1, -0.05) is 27.5 Å². The van der Waals surface area contributed by atoms with Gasteiger partial charge in [0.1, 0.15) is 0 Å². The molecule has 0 aliphatic carbocycles. The maximum atomic E-state index is 6.05. The molecule has 20 heavy (non-hydrogen) atoms. The quantitative estimate of drug-likeness (QED) is 0.857. The van der Waals surface area contributed by atoms with Crippen LogP contribution in [-0.4, -0.2) is 29.6 Å². The van der Waals surface area contributed by atoms with Crippen LogP contribution in [0.25, 0.3) is 0 Å². The van der Waals surface area contributed by atoms with Gasteiger partial charge in [-0.05, 0) is 57.4 Å². The van der Waals surface area contributed by atoms with Gasteiger partial charge in [0.05, 0.1) is 0 Å². The second-order valence-corrected chi connectivity index (χ2v) is 7.84. The summed E-state index contributed by atoms with van der Waals surface area (Å²) in [5.41, 5.74) is 1.52. The van der Waals surface area contributed by atoms with Crippen LogP contribution in [0.3, 0.4) is 0 Å². The van der Waals surface area contributed by atoms with E-state index in [1.165, 1.54) is 31.5 Å². The lowest BCUT2D eigenvalue weighted by Gasteiger charge is -2.41. The molecule has 0 spiro atoms. The maximum absolute atomic E-state index is 6.05. The first-order valence-electron chi connectivity index (χ1n) is 7.28. The fourth-order valence-corrected chi connectivity index (χ4v) is 3.27. The molecule has 0 atom stereocenters. The highest BCUT2D eigenvalue weighted by atomic mass is 79.9. The standard InChI is InChI=1S/C16H24BrClN2/c1-16(2,3)20-8-6-14(7-9-20)19-11-12-10-13(18)4-5-15(12)17/h4-5,10,14,19H,6-9,11H2,1-3H3. The van der Waals surface area contributed by atoms with Gasteiger partial charge in [-0.25, -0.2) is 0 Å². The molecule has 1 aromatic carbocycles. The molecule has 0 saturated carbocycles. The van der Waals surface area contributed by atoms with Crippen LogP contribution in [0, 0.1) is 0 Å². The number of hydrogen-bond donors (Lipinski definition) is 1. The largest absolute Gasteiger partial charge is 0.310 e. The highest BCUT2D eigenvalue weighted by Crippen LogP contribution is 2.23. The average Bonchev–Trinajstić information content (AvgIpc) is 2.39. The number of halogens is 2. The van der Waals surface area contributed by atoms with E-state index in [0.29, 0.717) is 11.6 Å². The first-order chi connectivity index (χ1) is 9.36. The number of rotatable bonds is 3. The van der Waals surface area contributed by atoms with Crippen molar-refractivity contribution in [3.8, 4) is 0 Å². The molecule has 1 N–H and O–H groups in total. The molecule has 2 nitrogen and oxygen atoms in total. The maximum Gasteiger partial charge on any atom is 0.0410 e. The molecule has 4 heteroatoms. The number of hydrogen-bond acceptors (Lipinski definition) is 2. The van der Waals surface area contributed by atoms with Crippen molar-refractivity contribution < 1.29 is 0 Å². The van der Waals surface area contributed by atoms with Crippen molar-refractivity contribution >= 4 is 27.5 Å². The Bertz CT molecular complexity index is 448. The third-order valence-electron chi connectivity index (χ3n) is 4.03. The Morgan fingerprint density at radius 1 is 1.30 bits per heavy atom. The lowest BCUT2D eigenvalue weighted by molar-refractivity contribution is 0.0960. The number of piperidine rings is 1. The first-order valence-corrected chi connectivity index (χ1v) is 8.46. The Kier molecular flexibility index (Phi) is 5.52. The summed E-state index contributed by atoms with van der Waals surface area (Å²) in [4.78, 5) is 2.57. The van der Waals surface area contributed by atoms with Crippen molar-refractivity contribution in [2.45, 2.75) is 51.7 Å². The van der Waals surface area contributed by atoms with E-state index in [0.717, 1.165) is 16.0 Å². The normalized spacial score (nSPS) is 18.4. The summed E-state index contributed by atoms with van der Waals surface area (Å²) < 4.78 is 1.13. The fraction of sp³-hybridized carbons (Fsp3) is 0.625. The predicted molar refractivity (Wildman–Crippen MR) is 90.3 cm³/mol. The summed E-state index contributed by atoms with van der Waals surface area (Å²) in [6, 6.07) is 6.57. The Morgan fingerprint density at radius 2 is 1.95 bits per heavy atom. The summed E-state index contributed by atoms with van der Waals surface area (Å²) in [5, 5.41) is 4.46. The molecule has 0 bridgehead atoms. The molecule has 0 unspecified atom stereocenters. The highest BCUT2D eigenvalue weighted by Gasteiger charge is 2.26. The number of likely N-dealkylation sites (tertiary alicyclic amines) is 1. The molecule has 0 radical (unpaired) electrons. The van der Waals surface area contributed by atoms with Crippen molar-refractivity contribution in [1.82, 2.24) is 10.2 Å². The lowest BCUT2D eigenvalue weighted by atomic mass is 9.98. The van der Waals surface area contributed by atoms with Crippen LogP contribution in [0.5, 0.6) is 0 Å². The summed E-state index contributed by atoms with van der Waals surface area (Å²) in [6.45, 7) is 10.1. The Balaban J connectivity index is 1.83. The summed E-state index contributed by atoms with van der Waals surface area (Å²) >= 11 is 9.64. The van der Waals surface area contributed by atoms with Gasteiger partial charge in [0.25, 0.3) is 0 Å². The van der Waals surface area contributed by atoms with Gasteiger partial charge in [0.2, 0.25) is 0 Å². The van der Waals surface area contributed by atoms with E-state index in [-0.39, 0.29) is 0 Å². The monoisotopic (exact) mass is 358 g/mol. The van der Waals surface area contributed by atoms with Gasteiger partial charge in [-0.2, -0.15) is 0 Å². The Hall–Kier alpha value is -0.0900. The van der Waals surface area contributed by atoms with Crippen molar-refractivity contribution in [3.05, 3.63) is 33.3 Å². The Morgan fingerprint density at radius 3 is 2.55 bits per heavy atom. The van der Waals surface area contributed by atoms with Gasteiger partial charge in [-0.15, -0.1) is 0 Å². The molecule has 1 aliphatic heterocycles. The van der Waals surface area contributed by atoms with Crippen LogP contribution >= 0.6 is 27.5 Å². The lowest BCUT2D eigenvalue weighted by Crippen LogP contribution is -2.49. The van der Waals surface area contributed by atoms with Gasteiger partial charge in [0.15, 0.2) is 0 Å². The van der Waals surface area contributed by atoms with Crippen LogP contribution in [0.4, 0.5) is 0 Å². The van der Waals surface area contributed by atoms with Gasteiger partial charge < -0.3 is 5.32 Å². The Labute approximate surface area is 136 Å². The summed E-state index contributed by atoms with van der Waals surface area (Å²) in [6.07, 6.45) is 2.44. The highest BCUT2D eigenvalue weighted by molar-refractivity contribution is 9.10. The van der Waals surface area contributed by atoms with Gasteiger partial charge in [-0.3, -0.25) is 4.90 Å². The molecule has 0 aromatic heterocycles. The van der Waals surface area contributed by atoms with E-state index < -0.39 is 0 Å². The van der Waals surface area contributed by atoms with Gasteiger partial charge in [0, 0.05) is 40.7 Å². The zero-order valence-electron chi connectivity index (χ0n) is 12.5. The molecule has 1 saturated heterocycles. The zero-order valence-corrected chi connectivity index (χ0v) is 14.9. The van der Waals surface area contributed by atoms with Crippen molar-refractivity contribution in [2.75, 3.05) is 13.1 Å². The van der Waals surface area contributed by atoms with Crippen LogP contribution in [0.1, 0.15) is 39.2 Å². The molecule has 1 heterocycles. The second-order valence-electron chi connectivity index (χ2n) is 6.55. The molecule has 1 aromatic rings. The van der Waals surface area contributed by atoms with Crippen molar-refractivity contribution in [2.24, 2.45) is 0 Å². The minimum atomic E-state index is 0.293.